The Hall–Kier alpha value is -2.29. The topological polar surface area (TPSA) is 63.3 Å². The fraction of sp³-hybridized carbons (Fsp3) is 0.133. The highest BCUT2D eigenvalue weighted by Crippen LogP contribution is 2.14. The van der Waals surface area contributed by atoms with Crippen molar-refractivity contribution in [3.63, 3.8) is 0 Å². The lowest BCUT2D eigenvalue weighted by molar-refractivity contribution is 0.112. The number of para-hydroxylation sites is 2. The van der Waals surface area contributed by atoms with Crippen LogP contribution in [0, 0.1) is 13.8 Å². The van der Waals surface area contributed by atoms with Gasteiger partial charge in [0.05, 0.1) is 5.56 Å². The maximum absolute atomic E-state index is 10.1. The first-order chi connectivity index (χ1) is 8.56. The van der Waals surface area contributed by atoms with E-state index in [9.17, 15) is 4.79 Å². The lowest BCUT2D eigenvalue weighted by Gasteiger charge is -2.00. The second-order valence-corrected chi connectivity index (χ2v) is 3.98. The number of anilines is 1. The molecule has 0 saturated heterocycles. The maximum atomic E-state index is 10.1. The second-order valence-electron chi connectivity index (χ2n) is 3.98. The second kappa shape index (κ2) is 6.45. The molecule has 0 bridgehead atoms. The molecule has 0 aliphatic heterocycles. The van der Waals surface area contributed by atoms with E-state index in [4.69, 9.17) is 10.8 Å². The molecular weight excluding hydrogens is 226 g/mol. The summed E-state index contributed by atoms with van der Waals surface area (Å²) in [6.07, 6.45) is 0.620. The van der Waals surface area contributed by atoms with Crippen molar-refractivity contribution >= 4 is 12.0 Å². The first kappa shape index (κ1) is 13.8. The molecular formula is C15H17NO2. The SMILES string of the molecule is Cc1cccc(C)c1N.O=Cc1ccccc1O. The quantitative estimate of drug-likeness (QED) is 0.597. The summed E-state index contributed by atoms with van der Waals surface area (Å²) in [7, 11) is 0. The van der Waals surface area contributed by atoms with Gasteiger partial charge in [0.2, 0.25) is 0 Å². The van der Waals surface area contributed by atoms with Crippen LogP contribution in [-0.4, -0.2) is 11.4 Å². The Morgan fingerprint density at radius 2 is 1.56 bits per heavy atom. The number of carbonyl (C=O) groups is 1. The molecule has 18 heavy (non-hydrogen) atoms. The van der Waals surface area contributed by atoms with Gasteiger partial charge in [0.15, 0.2) is 6.29 Å². The van der Waals surface area contributed by atoms with Gasteiger partial charge in [-0.2, -0.15) is 0 Å². The summed E-state index contributed by atoms with van der Waals surface area (Å²) in [5.41, 5.74) is 9.25. The summed E-state index contributed by atoms with van der Waals surface area (Å²) in [4.78, 5) is 10.1. The first-order valence-corrected chi connectivity index (χ1v) is 5.61. The van der Waals surface area contributed by atoms with E-state index in [0.29, 0.717) is 11.8 Å². The molecule has 0 radical (unpaired) electrons. The normalized spacial score (nSPS) is 9.22. The zero-order valence-corrected chi connectivity index (χ0v) is 10.6. The molecule has 2 aromatic carbocycles. The highest BCUT2D eigenvalue weighted by atomic mass is 16.3. The number of phenols is 1. The number of benzene rings is 2. The predicted molar refractivity (Wildman–Crippen MR) is 73.8 cm³/mol. The fourth-order valence-corrected chi connectivity index (χ4v) is 1.41. The van der Waals surface area contributed by atoms with Crippen LogP contribution in [-0.2, 0) is 0 Å². The Balaban J connectivity index is 0.000000180. The molecule has 0 amide bonds. The van der Waals surface area contributed by atoms with Gasteiger partial charge >= 0.3 is 0 Å². The van der Waals surface area contributed by atoms with Gasteiger partial charge in [-0.25, -0.2) is 0 Å². The minimum absolute atomic E-state index is 0.0347. The van der Waals surface area contributed by atoms with Gasteiger partial charge < -0.3 is 10.8 Å². The molecule has 2 rings (SSSR count). The molecule has 0 atom stereocenters. The molecule has 0 spiro atoms. The smallest absolute Gasteiger partial charge is 0.153 e. The van der Waals surface area contributed by atoms with Crippen LogP contribution in [0.2, 0.25) is 0 Å². The third-order valence-corrected chi connectivity index (χ3v) is 2.61. The van der Waals surface area contributed by atoms with Crippen molar-refractivity contribution in [1.82, 2.24) is 0 Å². The number of carbonyl (C=O) groups excluding carboxylic acids is 1. The van der Waals surface area contributed by atoms with E-state index >= 15 is 0 Å². The fourth-order valence-electron chi connectivity index (χ4n) is 1.41. The van der Waals surface area contributed by atoms with Gasteiger partial charge in [-0.1, -0.05) is 30.3 Å². The number of aldehydes is 1. The maximum Gasteiger partial charge on any atom is 0.153 e. The van der Waals surface area contributed by atoms with Crippen LogP contribution < -0.4 is 5.73 Å². The molecule has 3 nitrogen and oxygen atoms in total. The third kappa shape index (κ3) is 3.63. The zero-order chi connectivity index (χ0) is 13.5. The van der Waals surface area contributed by atoms with Crippen LogP contribution in [0.25, 0.3) is 0 Å². The van der Waals surface area contributed by atoms with Crippen molar-refractivity contribution in [2.75, 3.05) is 5.73 Å². The Bertz CT molecular complexity index is 516. The van der Waals surface area contributed by atoms with E-state index in [1.165, 1.54) is 6.07 Å². The molecule has 0 heterocycles. The van der Waals surface area contributed by atoms with Gasteiger partial charge in [-0.15, -0.1) is 0 Å². The lowest BCUT2D eigenvalue weighted by Crippen LogP contribution is -1.91. The van der Waals surface area contributed by atoms with Crippen molar-refractivity contribution in [2.45, 2.75) is 13.8 Å². The van der Waals surface area contributed by atoms with E-state index in [-0.39, 0.29) is 5.75 Å². The average molecular weight is 243 g/mol. The molecule has 0 fully saturated rings. The summed E-state index contributed by atoms with van der Waals surface area (Å²) < 4.78 is 0. The molecule has 0 saturated carbocycles. The van der Waals surface area contributed by atoms with E-state index < -0.39 is 0 Å². The largest absolute Gasteiger partial charge is 0.507 e. The number of nitrogen functional groups attached to an aromatic ring is 1. The lowest BCUT2D eigenvalue weighted by atomic mass is 10.1. The number of hydrogen-bond acceptors (Lipinski definition) is 3. The van der Waals surface area contributed by atoms with Crippen molar-refractivity contribution in [3.05, 3.63) is 59.2 Å². The predicted octanol–water partition coefficient (Wildman–Crippen LogP) is 3.09. The molecule has 0 aliphatic carbocycles. The number of hydrogen-bond donors (Lipinski definition) is 2. The van der Waals surface area contributed by atoms with Gasteiger partial charge in [-0.3, -0.25) is 4.79 Å². The van der Waals surface area contributed by atoms with Crippen molar-refractivity contribution < 1.29 is 9.90 Å². The highest BCUT2D eigenvalue weighted by molar-refractivity contribution is 5.78. The molecule has 0 aliphatic rings. The third-order valence-electron chi connectivity index (χ3n) is 2.61. The van der Waals surface area contributed by atoms with Gasteiger partial charge in [-0.05, 0) is 37.1 Å². The highest BCUT2D eigenvalue weighted by Gasteiger charge is 1.93. The summed E-state index contributed by atoms with van der Waals surface area (Å²) in [6.45, 7) is 4.03. The van der Waals surface area contributed by atoms with Gasteiger partial charge in [0.1, 0.15) is 5.75 Å². The summed E-state index contributed by atoms with van der Waals surface area (Å²) in [6, 6.07) is 12.4. The summed E-state index contributed by atoms with van der Waals surface area (Å²) in [5.74, 6) is 0.0347. The Kier molecular flexibility index (Phi) is 4.93. The van der Waals surface area contributed by atoms with E-state index in [1.54, 1.807) is 18.2 Å². The van der Waals surface area contributed by atoms with E-state index in [2.05, 4.69) is 0 Å². The number of aryl methyl sites for hydroxylation is 2. The standard InChI is InChI=1S/C8H11N.C7H6O2/c1-6-4-3-5-7(2)8(6)9;8-5-6-3-1-2-4-7(6)9/h3-5H,9H2,1-2H3;1-5,9H. The Labute approximate surface area is 107 Å². The van der Waals surface area contributed by atoms with Crippen LogP contribution in [0.15, 0.2) is 42.5 Å². The van der Waals surface area contributed by atoms with Crippen LogP contribution in [0.1, 0.15) is 21.5 Å². The number of nitrogens with two attached hydrogens (primary N) is 1. The minimum atomic E-state index is 0.0347. The van der Waals surface area contributed by atoms with Gasteiger partial charge in [0.25, 0.3) is 0 Å². The van der Waals surface area contributed by atoms with Crippen LogP contribution >= 0.6 is 0 Å². The monoisotopic (exact) mass is 243 g/mol. The summed E-state index contributed by atoms with van der Waals surface area (Å²) >= 11 is 0. The van der Waals surface area contributed by atoms with Crippen LogP contribution in [0.5, 0.6) is 5.75 Å². The van der Waals surface area contributed by atoms with Crippen molar-refractivity contribution in [3.8, 4) is 5.75 Å². The van der Waals surface area contributed by atoms with E-state index in [0.717, 1.165) is 16.8 Å². The van der Waals surface area contributed by atoms with Crippen LogP contribution in [0.3, 0.4) is 0 Å². The molecule has 3 N–H and O–H groups in total. The number of phenolic OH excluding ortho intramolecular Hbond substituents is 1. The van der Waals surface area contributed by atoms with E-state index in [1.807, 2.05) is 32.0 Å². The van der Waals surface area contributed by atoms with Gasteiger partial charge in [0, 0.05) is 5.69 Å². The number of aromatic hydroxyl groups is 1. The van der Waals surface area contributed by atoms with Crippen molar-refractivity contribution in [2.24, 2.45) is 0 Å². The molecule has 2 aromatic rings. The molecule has 3 heteroatoms. The summed E-state index contributed by atoms with van der Waals surface area (Å²) in [5, 5.41) is 8.88. The first-order valence-electron chi connectivity index (χ1n) is 5.61. The molecule has 0 aromatic heterocycles. The van der Waals surface area contributed by atoms with Crippen LogP contribution in [0.4, 0.5) is 5.69 Å². The molecule has 94 valence electrons. The number of rotatable bonds is 1. The minimum Gasteiger partial charge on any atom is -0.507 e. The Morgan fingerprint density at radius 1 is 1.00 bits per heavy atom. The average Bonchev–Trinajstić information content (AvgIpc) is 2.37. The molecule has 0 unspecified atom stereocenters. The zero-order valence-electron chi connectivity index (χ0n) is 10.6. The van der Waals surface area contributed by atoms with Crippen molar-refractivity contribution in [1.29, 1.82) is 0 Å². The Morgan fingerprint density at radius 3 is 1.94 bits per heavy atom.